The Kier molecular flexibility index (Phi) is 3.38. The molecule has 0 spiro atoms. The van der Waals surface area contributed by atoms with Crippen LogP contribution in [0.15, 0.2) is 30.7 Å². The molecule has 0 aliphatic carbocycles. The number of rotatable bonds is 2. The molecule has 0 radical (unpaired) electrons. The molecule has 16 heavy (non-hydrogen) atoms. The van der Waals surface area contributed by atoms with Gasteiger partial charge in [-0.15, -0.1) is 0 Å². The average molecular weight is 326 g/mol. The molecule has 4 heteroatoms. The molecule has 82 valence electrons. The van der Waals surface area contributed by atoms with Crippen LogP contribution in [0.5, 0.6) is 11.6 Å². The fourth-order valence-corrected chi connectivity index (χ4v) is 1.68. The van der Waals surface area contributed by atoms with Gasteiger partial charge in [-0.05, 0) is 59.7 Å². The molecule has 0 bridgehead atoms. The highest BCUT2D eigenvalue weighted by molar-refractivity contribution is 14.1. The predicted molar refractivity (Wildman–Crippen MR) is 70.7 cm³/mol. The van der Waals surface area contributed by atoms with E-state index in [9.17, 15) is 0 Å². The van der Waals surface area contributed by atoms with Crippen molar-refractivity contribution in [3.05, 3.63) is 45.4 Å². The number of aryl methyl sites for hydroxylation is 2. The van der Waals surface area contributed by atoms with Crippen molar-refractivity contribution in [3.63, 3.8) is 0 Å². The van der Waals surface area contributed by atoms with Gasteiger partial charge >= 0.3 is 0 Å². The lowest BCUT2D eigenvalue weighted by Gasteiger charge is -2.07. The highest BCUT2D eigenvalue weighted by atomic mass is 127. The minimum atomic E-state index is 0.596. The van der Waals surface area contributed by atoms with E-state index >= 15 is 0 Å². The Morgan fingerprint density at radius 2 is 2.00 bits per heavy atom. The molecule has 0 unspecified atom stereocenters. The Morgan fingerprint density at radius 1 is 1.19 bits per heavy atom. The largest absolute Gasteiger partial charge is 0.438 e. The monoisotopic (exact) mass is 326 g/mol. The van der Waals surface area contributed by atoms with E-state index in [4.69, 9.17) is 4.74 Å². The Bertz CT molecular complexity index is 514. The summed E-state index contributed by atoms with van der Waals surface area (Å²) in [6.45, 7) is 4.14. The SMILES string of the molecule is Cc1ccc(Oc2ncncc2I)cc1C. The lowest BCUT2D eigenvalue weighted by Crippen LogP contribution is -1.92. The summed E-state index contributed by atoms with van der Waals surface area (Å²) < 4.78 is 6.59. The van der Waals surface area contributed by atoms with Crippen LogP contribution in [0.4, 0.5) is 0 Å². The number of halogens is 1. The van der Waals surface area contributed by atoms with E-state index in [-0.39, 0.29) is 0 Å². The van der Waals surface area contributed by atoms with Gasteiger partial charge in [-0.3, -0.25) is 0 Å². The third-order valence-electron chi connectivity index (χ3n) is 2.33. The lowest BCUT2D eigenvalue weighted by molar-refractivity contribution is 0.457. The molecule has 1 heterocycles. The summed E-state index contributed by atoms with van der Waals surface area (Å²) in [5, 5.41) is 0. The van der Waals surface area contributed by atoms with E-state index < -0.39 is 0 Å². The summed E-state index contributed by atoms with van der Waals surface area (Å²) in [6, 6.07) is 5.99. The van der Waals surface area contributed by atoms with E-state index in [0.29, 0.717) is 5.88 Å². The van der Waals surface area contributed by atoms with E-state index in [1.54, 1.807) is 6.20 Å². The topological polar surface area (TPSA) is 35.0 Å². The van der Waals surface area contributed by atoms with Gasteiger partial charge in [0.05, 0.1) is 3.57 Å². The van der Waals surface area contributed by atoms with E-state index in [2.05, 4.69) is 46.4 Å². The van der Waals surface area contributed by atoms with Crippen LogP contribution >= 0.6 is 22.6 Å². The van der Waals surface area contributed by atoms with Crippen molar-refractivity contribution < 1.29 is 4.74 Å². The van der Waals surface area contributed by atoms with Crippen molar-refractivity contribution in [3.8, 4) is 11.6 Å². The van der Waals surface area contributed by atoms with Crippen molar-refractivity contribution in [2.45, 2.75) is 13.8 Å². The normalized spacial score (nSPS) is 10.2. The predicted octanol–water partition coefficient (Wildman–Crippen LogP) is 3.49. The molecular weight excluding hydrogens is 315 g/mol. The zero-order valence-corrected chi connectivity index (χ0v) is 11.2. The van der Waals surface area contributed by atoms with Gasteiger partial charge in [0.15, 0.2) is 0 Å². The molecule has 2 aromatic rings. The minimum absolute atomic E-state index is 0.596. The van der Waals surface area contributed by atoms with Crippen LogP contribution in [0.3, 0.4) is 0 Å². The molecule has 0 aliphatic rings. The lowest BCUT2D eigenvalue weighted by atomic mass is 10.1. The molecule has 1 aromatic carbocycles. The molecule has 0 N–H and O–H groups in total. The highest BCUT2D eigenvalue weighted by Crippen LogP contribution is 2.24. The minimum Gasteiger partial charge on any atom is -0.438 e. The number of aromatic nitrogens is 2. The van der Waals surface area contributed by atoms with Crippen LogP contribution in [-0.4, -0.2) is 9.97 Å². The van der Waals surface area contributed by atoms with Crippen LogP contribution in [0.25, 0.3) is 0 Å². The van der Waals surface area contributed by atoms with Gasteiger partial charge in [-0.25, -0.2) is 9.97 Å². The molecule has 3 nitrogen and oxygen atoms in total. The van der Waals surface area contributed by atoms with Crippen molar-refractivity contribution in [1.29, 1.82) is 0 Å². The number of ether oxygens (including phenoxy) is 1. The molecule has 0 atom stereocenters. The van der Waals surface area contributed by atoms with Gasteiger partial charge in [0, 0.05) is 6.20 Å². The fraction of sp³-hybridized carbons (Fsp3) is 0.167. The molecule has 0 amide bonds. The van der Waals surface area contributed by atoms with E-state index in [1.165, 1.54) is 17.5 Å². The molecule has 0 saturated carbocycles. The number of hydrogen-bond acceptors (Lipinski definition) is 3. The van der Waals surface area contributed by atoms with Gasteiger partial charge in [-0.1, -0.05) is 6.07 Å². The Balaban J connectivity index is 2.28. The first kappa shape index (κ1) is 11.3. The van der Waals surface area contributed by atoms with Gasteiger partial charge in [0.1, 0.15) is 12.1 Å². The first-order chi connectivity index (χ1) is 7.66. The molecular formula is C12H11IN2O. The second-order valence-electron chi connectivity index (χ2n) is 3.52. The molecule has 0 saturated heterocycles. The van der Waals surface area contributed by atoms with E-state index in [1.807, 2.05) is 18.2 Å². The van der Waals surface area contributed by atoms with Gasteiger partial charge in [0.2, 0.25) is 5.88 Å². The third kappa shape index (κ3) is 2.49. The maximum atomic E-state index is 5.69. The van der Waals surface area contributed by atoms with Crippen molar-refractivity contribution in [2.75, 3.05) is 0 Å². The van der Waals surface area contributed by atoms with Crippen LogP contribution < -0.4 is 4.74 Å². The molecule has 1 aromatic heterocycles. The number of nitrogens with zero attached hydrogens (tertiary/aromatic N) is 2. The Morgan fingerprint density at radius 3 is 2.69 bits per heavy atom. The van der Waals surface area contributed by atoms with Gasteiger partial charge in [0.25, 0.3) is 0 Å². The van der Waals surface area contributed by atoms with Gasteiger partial charge in [-0.2, -0.15) is 0 Å². The zero-order chi connectivity index (χ0) is 11.5. The van der Waals surface area contributed by atoms with Crippen LogP contribution in [0.1, 0.15) is 11.1 Å². The van der Waals surface area contributed by atoms with Crippen molar-refractivity contribution in [2.24, 2.45) is 0 Å². The van der Waals surface area contributed by atoms with Crippen molar-refractivity contribution in [1.82, 2.24) is 9.97 Å². The summed E-state index contributed by atoms with van der Waals surface area (Å²) in [7, 11) is 0. The second-order valence-corrected chi connectivity index (χ2v) is 4.69. The third-order valence-corrected chi connectivity index (χ3v) is 3.07. The maximum absolute atomic E-state index is 5.69. The molecule has 0 fully saturated rings. The van der Waals surface area contributed by atoms with E-state index in [0.717, 1.165) is 9.32 Å². The highest BCUT2D eigenvalue weighted by Gasteiger charge is 2.04. The molecule has 2 rings (SSSR count). The number of benzene rings is 1. The molecule has 0 aliphatic heterocycles. The summed E-state index contributed by atoms with van der Waals surface area (Å²) >= 11 is 2.15. The first-order valence-electron chi connectivity index (χ1n) is 4.87. The maximum Gasteiger partial charge on any atom is 0.235 e. The smallest absolute Gasteiger partial charge is 0.235 e. The summed E-state index contributed by atoms with van der Waals surface area (Å²) in [5.74, 6) is 1.40. The quantitative estimate of drug-likeness (QED) is 0.793. The van der Waals surface area contributed by atoms with Crippen LogP contribution in [0, 0.1) is 17.4 Å². The van der Waals surface area contributed by atoms with Gasteiger partial charge < -0.3 is 4.74 Å². The zero-order valence-electron chi connectivity index (χ0n) is 9.07. The average Bonchev–Trinajstić information content (AvgIpc) is 2.27. The summed E-state index contributed by atoms with van der Waals surface area (Å²) in [4.78, 5) is 8.00. The summed E-state index contributed by atoms with van der Waals surface area (Å²) in [5.41, 5.74) is 2.46. The van der Waals surface area contributed by atoms with Crippen LogP contribution in [-0.2, 0) is 0 Å². The van der Waals surface area contributed by atoms with Crippen molar-refractivity contribution >= 4 is 22.6 Å². The van der Waals surface area contributed by atoms with Crippen LogP contribution in [0.2, 0.25) is 0 Å². The standard InChI is InChI=1S/C12H11IN2O/c1-8-3-4-10(5-9(8)2)16-12-11(13)6-14-7-15-12/h3-7H,1-2H3. The second kappa shape index (κ2) is 4.78. The Hall–Kier alpha value is -1.17. The number of hydrogen-bond donors (Lipinski definition) is 0. The Labute approximate surface area is 108 Å². The fourth-order valence-electron chi connectivity index (χ4n) is 1.27. The summed E-state index contributed by atoms with van der Waals surface area (Å²) in [6.07, 6.45) is 3.21. The first-order valence-corrected chi connectivity index (χ1v) is 5.95.